The van der Waals surface area contributed by atoms with Crippen LogP contribution in [0.25, 0.3) is 0 Å². The van der Waals surface area contributed by atoms with E-state index in [0.717, 1.165) is 6.07 Å². The zero-order chi connectivity index (χ0) is 18.1. The van der Waals surface area contributed by atoms with Crippen molar-refractivity contribution in [3.63, 3.8) is 0 Å². The molecule has 0 heterocycles. The fourth-order valence-corrected chi connectivity index (χ4v) is 3.30. The van der Waals surface area contributed by atoms with Crippen LogP contribution in [0.4, 0.5) is 0 Å². The monoisotopic (exact) mass is 407 g/mol. The van der Waals surface area contributed by atoms with E-state index >= 15 is 0 Å². The highest BCUT2D eigenvalue weighted by molar-refractivity contribution is 7.86. The van der Waals surface area contributed by atoms with Crippen molar-refractivity contribution in [2.75, 3.05) is 14.2 Å². The van der Waals surface area contributed by atoms with Crippen molar-refractivity contribution in [2.45, 2.75) is 4.90 Å². The molecule has 25 heavy (non-hydrogen) atoms. The van der Waals surface area contributed by atoms with Crippen LogP contribution in [0, 0.1) is 0 Å². The first kappa shape index (κ1) is 21.2. The van der Waals surface area contributed by atoms with Crippen LogP contribution in [-0.2, 0) is 10.1 Å². The molecule has 0 aliphatic rings. The highest BCUT2D eigenvalue weighted by Crippen LogP contribution is 2.35. The van der Waals surface area contributed by atoms with E-state index in [4.69, 9.17) is 32.7 Å². The summed E-state index contributed by atoms with van der Waals surface area (Å²) >= 11 is 11.8. The van der Waals surface area contributed by atoms with Crippen LogP contribution in [0.5, 0.6) is 11.5 Å². The Morgan fingerprint density at radius 1 is 1.00 bits per heavy atom. The summed E-state index contributed by atoms with van der Waals surface area (Å²) in [4.78, 5) is 12.2. The van der Waals surface area contributed by atoms with Crippen LogP contribution in [0.15, 0.2) is 35.2 Å². The van der Waals surface area contributed by atoms with Crippen molar-refractivity contribution < 1.29 is 27.2 Å². The average Bonchev–Trinajstić information content (AvgIpc) is 2.52. The van der Waals surface area contributed by atoms with E-state index in [1.807, 2.05) is 0 Å². The largest absolute Gasteiger partial charge is 0.496 e. The highest BCUT2D eigenvalue weighted by atomic mass is 35.5. The topological polar surface area (TPSA) is 125 Å². The maximum atomic E-state index is 12.8. The van der Waals surface area contributed by atoms with Gasteiger partial charge in [0.25, 0.3) is 10.1 Å². The molecule has 2 aromatic carbocycles. The standard InChI is InChI=1S/C15H12Cl2O6S.H3N/c1-22-12-4-3-8(16)5-10(12)14(18)11-6-9(17)7-13(15(11)23-2)24(19,20)21;/h3-7H,1-2H3,(H,19,20,21);1H3. The van der Waals surface area contributed by atoms with Gasteiger partial charge in [0.1, 0.15) is 10.6 Å². The summed E-state index contributed by atoms with van der Waals surface area (Å²) in [5.74, 6) is -0.715. The Labute approximate surface area is 154 Å². The summed E-state index contributed by atoms with van der Waals surface area (Å²) in [5, 5.41) is 0.225. The minimum Gasteiger partial charge on any atom is -0.496 e. The van der Waals surface area contributed by atoms with Crippen molar-refractivity contribution in [1.82, 2.24) is 6.15 Å². The molecule has 0 radical (unpaired) electrons. The van der Waals surface area contributed by atoms with Gasteiger partial charge < -0.3 is 15.6 Å². The number of ether oxygens (including phenoxy) is 2. The van der Waals surface area contributed by atoms with Gasteiger partial charge in [0, 0.05) is 10.0 Å². The van der Waals surface area contributed by atoms with E-state index in [9.17, 15) is 17.8 Å². The Hall–Kier alpha value is -1.84. The molecule has 0 aliphatic heterocycles. The van der Waals surface area contributed by atoms with Gasteiger partial charge >= 0.3 is 0 Å². The maximum Gasteiger partial charge on any atom is 0.298 e. The summed E-state index contributed by atoms with van der Waals surface area (Å²) in [5.41, 5.74) is -0.0648. The van der Waals surface area contributed by atoms with Gasteiger partial charge in [0.05, 0.1) is 25.3 Å². The van der Waals surface area contributed by atoms with Crippen LogP contribution < -0.4 is 15.6 Å². The fraction of sp³-hybridized carbons (Fsp3) is 0.133. The first-order valence-electron chi connectivity index (χ1n) is 6.42. The van der Waals surface area contributed by atoms with Crippen molar-refractivity contribution in [3.05, 3.63) is 51.5 Å². The number of carbonyl (C=O) groups excluding carboxylic acids is 1. The zero-order valence-electron chi connectivity index (χ0n) is 13.2. The number of ketones is 1. The van der Waals surface area contributed by atoms with E-state index in [0.29, 0.717) is 0 Å². The molecule has 0 saturated carbocycles. The second-order valence-corrected chi connectivity index (χ2v) is 6.90. The molecule has 0 atom stereocenters. The molecular formula is C15H15Cl2NO6S. The predicted molar refractivity (Wildman–Crippen MR) is 94.3 cm³/mol. The third kappa shape index (κ3) is 4.42. The maximum absolute atomic E-state index is 12.8. The summed E-state index contributed by atoms with van der Waals surface area (Å²) in [6, 6.07) is 6.63. The molecule has 0 fully saturated rings. The lowest BCUT2D eigenvalue weighted by Gasteiger charge is -2.14. The lowest BCUT2D eigenvalue weighted by molar-refractivity contribution is 0.103. The van der Waals surface area contributed by atoms with Crippen LogP contribution in [0.2, 0.25) is 10.0 Å². The first-order valence-corrected chi connectivity index (χ1v) is 8.62. The van der Waals surface area contributed by atoms with Crippen LogP contribution in [-0.4, -0.2) is 33.0 Å². The molecule has 0 aromatic heterocycles. The third-order valence-corrected chi connectivity index (χ3v) is 4.46. The van der Waals surface area contributed by atoms with Gasteiger partial charge in [-0.25, -0.2) is 0 Å². The number of hydrogen-bond donors (Lipinski definition) is 2. The number of carbonyl (C=O) groups is 1. The van der Waals surface area contributed by atoms with Crippen LogP contribution in [0.1, 0.15) is 15.9 Å². The van der Waals surface area contributed by atoms with Crippen molar-refractivity contribution in [1.29, 1.82) is 0 Å². The SMILES string of the molecule is COc1ccc(Cl)cc1C(=O)c1cc(Cl)cc(S(=O)(=O)O)c1OC.N. The van der Waals surface area contributed by atoms with E-state index < -0.39 is 20.8 Å². The molecule has 2 rings (SSSR count). The normalized spacial score (nSPS) is 10.8. The summed E-state index contributed by atoms with van der Waals surface area (Å²) in [6.07, 6.45) is 0. The van der Waals surface area contributed by atoms with Gasteiger partial charge in [-0.2, -0.15) is 8.42 Å². The molecule has 4 N–H and O–H groups in total. The first-order chi connectivity index (χ1) is 11.2. The van der Waals surface area contributed by atoms with Gasteiger partial charge in [-0.3, -0.25) is 9.35 Å². The molecule has 0 spiro atoms. The molecule has 0 bridgehead atoms. The van der Waals surface area contributed by atoms with Gasteiger partial charge in [0.15, 0.2) is 5.75 Å². The van der Waals surface area contributed by atoms with Gasteiger partial charge in [-0.05, 0) is 30.3 Å². The molecular weight excluding hydrogens is 393 g/mol. The number of benzene rings is 2. The summed E-state index contributed by atoms with van der Waals surface area (Å²) in [6.45, 7) is 0. The molecule has 0 unspecified atom stereocenters. The van der Waals surface area contributed by atoms with E-state index in [-0.39, 0.29) is 38.8 Å². The Morgan fingerprint density at radius 3 is 2.12 bits per heavy atom. The number of halogens is 2. The highest BCUT2D eigenvalue weighted by Gasteiger charge is 2.26. The van der Waals surface area contributed by atoms with Crippen molar-refractivity contribution in [3.8, 4) is 11.5 Å². The third-order valence-electron chi connectivity index (χ3n) is 3.15. The molecule has 0 amide bonds. The minimum absolute atomic E-state index is 0. The fourth-order valence-electron chi connectivity index (χ4n) is 2.14. The minimum atomic E-state index is -4.65. The molecule has 10 heteroatoms. The number of hydrogen-bond acceptors (Lipinski definition) is 6. The molecule has 7 nitrogen and oxygen atoms in total. The van der Waals surface area contributed by atoms with Gasteiger partial charge in [0.2, 0.25) is 5.78 Å². The zero-order valence-corrected chi connectivity index (χ0v) is 15.6. The molecule has 2 aromatic rings. The molecule has 136 valence electrons. The Kier molecular flexibility index (Phi) is 6.81. The second kappa shape index (κ2) is 8.03. The van der Waals surface area contributed by atoms with E-state index in [1.165, 1.54) is 38.5 Å². The predicted octanol–water partition coefficient (Wildman–Crippen LogP) is 3.65. The number of methoxy groups -OCH3 is 2. The van der Waals surface area contributed by atoms with E-state index in [2.05, 4.69) is 0 Å². The average molecular weight is 408 g/mol. The summed E-state index contributed by atoms with van der Waals surface area (Å²) in [7, 11) is -2.10. The van der Waals surface area contributed by atoms with Crippen molar-refractivity contribution >= 4 is 39.1 Å². The quantitative estimate of drug-likeness (QED) is 0.571. The van der Waals surface area contributed by atoms with Crippen molar-refractivity contribution in [2.24, 2.45) is 0 Å². The van der Waals surface area contributed by atoms with Crippen LogP contribution in [0.3, 0.4) is 0 Å². The molecule has 0 aliphatic carbocycles. The second-order valence-electron chi connectivity index (χ2n) is 4.63. The molecule has 0 saturated heterocycles. The number of rotatable bonds is 5. The van der Waals surface area contributed by atoms with Crippen LogP contribution >= 0.6 is 23.2 Å². The van der Waals surface area contributed by atoms with Gasteiger partial charge in [-0.15, -0.1) is 0 Å². The summed E-state index contributed by atoms with van der Waals surface area (Å²) < 4.78 is 42.5. The lowest BCUT2D eigenvalue weighted by atomic mass is 10.0. The Morgan fingerprint density at radius 2 is 1.60 bits per heavy atom. The Bertz CT molecular complexity index is 914. The lowest BCUT2D eigenvalue weighted by Crippen LogP contribution is -2.10. The van der Waals surface area contributed by atoms with E-state index in [1.54, 1.807) is 0 Å². The van der Waals surface area contributed by atoms with Gasteiger partial charge in [-0.1, -0.05) is 23.2 Å². The Balaban J connectivity index is 0.00000312. The smallest absolute Gasteiger partial charge is 0.298 e.